The maximum Gasteiger partial charge on any atom is 0.303 e. The van der Waals surface area contributed by atoms with Gasteiger partial charge in [-0.1, -0.05) is 35.9 Å². The minimum atomic E-state index is -0.769. The van der Waals surface area contributed by atoms with Gasteiger partial charge in [0.2, 0.25) is 0 Å². The van der Waals surface area contributed by atoms with Gasteiger partial charge in [0.15, 0.2) is 0 Å². The van der Waals surface area contributed by atoms with Gasteiger partial charge in [-0.05, 0) is 44.0 Å². The Balaban J connectivity index is 1.63. The Morgan fingerprint density at radius 3 is 2.80 bits per heavy atom. The number of benzene rings is 1. The zero-order valence-electron chi connectivity index (χ0n) is 14.8. The van der Waals surface area contributed by atoms with Gasteiger partial charge in [0.1, 0.15) is 0 Å². The van der Waals surface area contributed by atoms with Gasteiger partial charge >= 0.3 is 5.97 Å². The molecule has 1 saturated heterocycles. The highest BCUT2D eigenvalue weighted by Crippen LogP contribution is 2.27. The Morgan fingerprint density at radius 2 is 2.04 bits per heavy atom. The van der Waals surface area contributed by atoms with Crippen molar-refractivity contribution in [3.8, 4) is 0 Å². The third kappa shape index (κ3) is 5.13. The Hall–Kier alpha value is -2.20. The number of hydrogen-bond donors (Lipinski definition) is 1. The third-order valence-electron chi connectivity index (χ3n) is 4.87. The molecule has 1 aliphatic rings. The summed E-state index contributed by atoms with van der Waals surface area (Å²) in [4.78, 5) is 18.0. The van der Waals surface area contributed by atoms with Crippen LogP contribution in [0.1, 0.15) is 47.7 Å². The highest BCUT2D eigenvalue weighted by Gasteiger charge is 2.22. The summed E-state index contributed by atoms with van der Waals surface area (Å²) in [6, 6.07) is 14.8. The highest BCUT2D eigenvalue weighted by atomic mass is 16.4. The Labute approximate surface area is 149 Å². The first kappa shape index (κ1) is 17.6. The van der Waals surface area contributed by atoms with Gasteiger partial charge in [-0.2, -0.15) is 0 Å². The summed E-state index contributed by atoms with van der Waals surface area (Å²) in [6.45, 7) is 5.24. The molecule has 1 aromatic heterocycles. The Kier molecular flexibility index (Phi) is 5.82. The van der Waals surface area contributed by atoms with Crippen LogP contribution in [-0.2, 0) is 17.8 Å². The van der Waals surface area contributed by atoms with Crippen LogP contribution in [-0.4, -0.2) is 34.0 Å². The van der Waals surface area contributed by atoms with Crippen LogP contribution in [0.2, 0.25) is 0 Å². The van der Waals surface area contributed by atoms with Crippen molar-refractivity contribution in [2.45, 2.75) is 45.1 Å². The molecular formula is C21H26N2O2. The molecule has 1 aromatic carbocycles. The summed E-state index contributed by atoms with van der Waals surface area (Å²) in [5.74, 6) is -0.335. The number of carboxylic acid groups (broad SMARTS) is 1. The molecule has 0 radical (unpaired) electrons. The van der Waals surface area contributed by atoms with E-state index >= 15 is 0 Å². The number of rotatable bonds is 6. The van der Waals surface area contributed by atoms with E-state index in [1.54, 1.807) is 0 Å². The monoisotopic (exact) mass is 338 g/mol. The predicted octanol–water partition coefficient (Wildman–Crippen LogP) is 3.79. The summed E-state index contributed by atoms with van der Waals surface area (Å²) >= 11 is 0. The molecule has 0 amide bonds. The van der Waals surface area contributed by atoms with Crippen molar-refractivity contribution in [2.24, 2.45) is 0 Å². The fourth-order valence-electron chi connectivity index (χ4n) is 3.49. The maximum atomic E-state index is 10.8. The highest BCUT2D eigenvalue weighted by molar-refractivity contribution is 5.66. The number of hydrogen-bond acceptors (Lipinski definition) is 3. The first-order chi connectivity index (χ1) is 12.1. The Morgan fingerprint density at radius 1 is 1.24 bits per heavy atom. The SMILES string of the molecule is Cc1ccc(CN2CCCC(c3cccc(CCC(=O)O)n3)C2)cc1. The topological polar surface area (TPSA) is 53.4 Å². The summed E-state index contributed by atoms with van der Waals surface area (Å²) in [5, 5.41) is 8.85. The Bertz CT molecular complexity index is 712. The molecule has 4 heteroatoms. The fourth-order valence-corrected chi connectivity index (χ4v) is 3.49. The van der Waals surface area contributed by atoms with E-state index in [1.807, 2.05) is 12.1 Å². The molecule has 0 saturated carbocycles. The van der Waals surface area contributed by atoms with Crippen LogP contribution < -0.4 is 0 Å². The molecule has 0 aliphatic carbocycles. The fraction of sp³-hybridized carbons (Fsp3) is 0.429. The zero-order chi connectivity index (χ0) is 17.6. The quantitative estimate of drug-likeness (QED) is 0.871. The molecule has 4 nitrogen and oxygen atoms in total. The first-order valence-corrected chi connectivity index (χ1v) is 9.05. The lowest BCUT2D eigenvalue weighted by Crippen LogP contribution is -2.34. The summed E-state index contributed by atoms with van der Waals surface area (Å²) in [5.41, 5.74) is 4.64. The van der Waals surface area contributed by atoms with Gasteiger partial charge in [-0.3, -0.25) is 14.7 Å². The van der Waals surface area contributed by atoms with Crippen LogP contribution in [0.15, 0.2) is 42.5 Å². The molecule has 1 atom stereocenters. The van der Waals surface area contributed by atoms with Crippen molar-refractivity contribution in [3.63, 3.8) is 0 Å². The van der Waals surface area contributed by atoms with E-state index in [4.69, 9.17) is 10.1 Å². The number of pyridine rings is 1. The second-order valence-corrected chi connectivity index (χ2v) is 7.01. The van der Waals surface area contributed by atoms with Crippen molar-refractivity contribution >= 4 is 5.97 Å². The summed E-state index contributed by atoms with van der Waals surface area (Å²) < 4.78 is 0. The largest absolute Gasteiger partial charge is 0.481 e. The molecular weight excluding hydrogens is 312 g/mol. The van der Waals surface area contributed by atoms with E-state index in [1.165, 1.54) is 17.5 Å². The number of aliphatic carboxylic acids is 1. The predicted molar refractivity (Wildman–Crippen MR) is 98.6 cm³/mol. The van der Waals surface area contributed by atoms with Crippen molar-refractivity contribution in [2.75, 3.05) is 13.1 Å². The molecule has 0 spiro atoms. The van der Waals surface area contributed by atoms with Crippen LogP contribution in [0, 0.1) is 6.92 Å². The average molecular weight is 338 g/mol. The van der Waals surface area contributed by atoms with Crippen molar-refractivity contribution < 1.29 is 9.90 Å². The average Bonchev–Trinajstić information content (AvgIpc) is 2.62. The standard InChI is InChI=1S/C21H26N2O2/c1-16-7-9-17(10-8-16)14-23-13-3-4-18(15-23)20-6-2-5-19(22-20)11-12-21(24)25/h2,5-10,18H,3-4,11-15H2,1H3,(H,24,25). The molecule has 1 unspecified atom stereocenters. The molecule has 3 rings (SSSR count). The number of likely N-dealkylation sites (tertiary alicyclic amines) is 1. The van der Waals surface area contributed by atoms with Gasteiger partial charge in [-0.25, -0.2) is 0 Å². The van der Waals surface area contributed by atoms with E-state index in [2.05, 4.69) is 42.2 Å². The van der Waals surface area contributed by atoms with E-state index in [-0.39, 0.29) is 6.42 Å². The maximum absolute atomic E-state index is 10.8. The lowest BCUT2D eigenvalue weighted by molar-refractivity contribution is -0.136. The van der Waals surface area contributed by atoms with Crippen molar-refractivity contribution in [3.05, 3.63) is 65.0 Å². The minimum absolute atomic E-state index is 0.140. The van der Waals surface area contributed by atoms with Gasteiger partial charge < -0.3 is 5.11 Å². The van der Waals surface area contributed by atoms with Gasteiger partial charge in [0.05, 0.1) is 6.42 Å². The number of carboxylic acids is 1. The number of nitrogens with zero attached hydrogens (tertiary/aromatic N) is 2. The van der Waals surface area contributed by atoms with E-state index in [0.717, 1.165) is 37.4 Å². The van der Waals surface area contributed by atoms with E-state index in [0.29, 0.717) is 12.3 Å². The molecule has 132 valence electrons. The zero-order valence-corrected chi connectivity index (χ0v) is 14.8. The molecule has 2 aromatic rings. The molecule has 1 aliphatic heterocycles. The lowest BCUT2D eigenvalue weighted by atomic mass is 9.93. The molecule has 2 heterocycles. The van der Waals surface area contributed by atoms with Crippen molar-refractivity contribution in [1.29, 1.82) is 0 Å². The van der Waals surface area contributed by atoms with Crippen LogP contribution >= 0.6 is 0 Å². The molecule has 1 fully saturated rings. The second-order valence-electron chi connectivity index (χ2n) is 7.01. The normalized spacial score (nSPS) is 18.2. The molecule has 25 heavy (non-hydrogen) atoms. The third-order valence-corrected chi connectivity index (χ3v) is 4.87. The van der Waals surface area contributed by atoms with Crippen LogP contribution in [0.25, 0.3) is 0 Å². The smallest absolute Gasteiger partial charge is 0.303 e. The molecule has 1 N–H and O–H groups in total. The van der Waals surface area contributed by atoms with Crippen LogP contribution in [0.4, 0.5) is 0 Å². The van der Waals surface area contributed by atoms with Crippen molar-refractivity contribution in [1.82, 2.24) is 9.88 Å². The van der Waals surface area contributed by atoms with E-state index in [9.17, 15) is 4.79 Å². The van der Waals surface area contributed by atoms with Crippen LogP contribution in [0.5, 0.6) is 0 Å². The van der Waals surface area contributed by atoms with Gasteiger partial charge in [-0.15, -0.1) is 0 Å². The lowest BCUT2D eigenvalue weighted by Gasteiger charge is -2.32. The van der Waals surface area contributed by atoms with Gasteiger partial charge in [0.25, 0.3) is 0 Å². The number of aryl methyl sites for hydroxylation is 2. The minimum Gasteiger partial charge on any atom is -0.481 e. The number of piperidine rings is 1. The second kappa shape index (κ2) is 8.26. The summed E-state index contributed by atoms with van der Waals surface area (Å²) in [6.07, 6.45) is 2.97. The van der Waals surface area contributed by atoms with E-state index < -0.39 is 5.97 Å². The van der Waals surface area contributed by atoms with Gasteiger partial charge in [0, 0.05) is 36.8 Å². The number of carbonyl (C=O) groups is 1. The van der Waals surface area contributed by atoms with Crippen LogP contribution in [0.3, 0.4) is 0 Å². The molecule has 0 bridgehead atoms. The number of aromatic nitrogens is 1. The first-order valence-electron chi connectivity index (χ1n) is 9.05. The summed E-state index contributed by atoms with van der Waals surface area (Å²) in [7, 11) is 0.